The molecule has 4 unspecified atom stereocenters. The molecular formula is C17H27ClN2. The van der Waals surface area contributed by atoms with Crippen LogP contribution in [-0.4, -0.2) is 24.0 Å². The number of nitrogens with two attached hydrogens (primary N) is 1. The molecule has 0 amide bonds. The van der Waals surface area contributed by atoms with E-state index in [0.29, 0.717) is 6.04 Å². The standard InChI is InChI=1S/C17H27ClN2/c1-12-6-4-9-16(10-12)20(3)17(13(2)19)14-7-5-8-15(18)11-14/h5,7-8,11-13,16-17H,4,6,9-10,19H2,1-3H3. The minimum absolute atomic E-state index is 0.0932. The monoisotopic (exact) mass is 294 g/mol. The summed E-state index contributed by atoms with van der Waals surface area (Å²) in [7, 11) is 2.22. The number of halogens is 1. The molecule has 0 bridgehead atoms. The number of benzene rings is 1. The number of hydrogen-bond acceptors (Lipinski definition) is 2. The number of hydrogen-bond donors (Lipinski definition) is 1. The van der Waals surface area contributed by atoms with E-state index in [-0.39, 0.29) is 12.1 Å². The molecule has 0 spiro atoms. The number of likely N-dealkylation sites (N-methyl/N-ethyl adjacent to an activating group) is 1. The van der Waals surface area contributed by atoms with Crippen molar-refractivity contribution in [2.24, 2.45) is 11.7 Å². The van der Waals surface area contributed by atoms with Crippen molar-refractivity contribution >= 4 is 11.6 Å². The lowest BCUT2D eigenvalue weighted by molar-refractivity contribution is 0.106. The fourth-order valence-corrected chi connectivity index (χ4v) is 3.80. The summed E-state index contributed by atoms with van der Waals surface area (Å²) in [6.07, 6.45) is 5.26. The van der Waals surface area contributed by atoms with Crippen LogP contribution < -0.4 is 5.73 Å². The van der Waals surface area contributed by atoms with Gasteiger partial charge in [0, 0.05) is 23.1 Å². The van der Waals surface area contributed by atoms with Crippen molar-refractivity contribution in [1.82, 2.24) is 4.90 Å². The molecule has 0 saturated heterocycles. The van der Waals surface area contributed by atoms with Gasteiger partial charge in [0.15, 0.2) is 0 Å². The van der Waals surface area contributed by atoms with Crippen molar-refractivity contribution in [3.05, 3.63) is 34.9 Å². The second-order valence-electron chi connectivity index (χ2n) is 6.45. The quantitative estimate of drug-likeness (QED) is 0.900. The Bertz CT molecular complexity index is 433. The third-order valence-corrected chi connectivity index (χ3v) is 4.85. The van der Waals surface area contributed by atoms with Gasteiger partial charge in [-0.3, -0.25) is 4.90 Å². The second kappa shape index (κ2) is 6.93. The zero-order valence-electron chi connectivity index (χ0n) is 12.8. The van der Waals surface area contributed by atoms with E-state index in [4.69, 9.17) is 17.3 Å². The zero-order valence-corrected chi connectivity index (χ0v) is 13.6. The third kappa shape index (κ3) is 3.75. The number of nitrogens with zero attached hydrogens (tertiary/aromatic N) is 1. The smallest absolute Gasteiger partial charge is 0.0496 e. The van der Waals surface area contributed by atoms with Crippen LogP contribution in [0.3, 0.4) is 0 Å². The molecule has 1 aliphatic rings. The maximum atomic E-state index is 6.28. The Morgan fingerprint density at radius 1 is 1.35 bits per heavy atom. The van der Waals surface area contributed by atoms with Gasteiger partial charge in [0.2, 0.25) is 0 Å². The summed E-state index contributed by atoms with van der Waals surface area (Å²) < 4.78 is 0. The highest BCUT2D eigenvalue weighted by molar-refractivity contribution is 6.30. The predicted molar refractivity (Wildman–Crippen MR) is 87.0 cm³/mol. The molecule has 1 aromatic rings. The molecule has 2 rings (SSSR count). The van der Waals surface area contributed by atoms with E-state index in [2.05, 4.69) is 37.9 Å². The molecule has 2 nitrogen and oxygen atoms in total. The molecule has 20 heavy (non-hydrogen) atoms. The summed E-state index contributed by atoms with van der Waals surface area (Å²) in [5.41, 5.74) is 7.51. The molecule has 2 N–H and O–H groups in total. The molecular weight excluding hydrogens is 268 g/mol. The molecule has 0 aromatic heterocycles. The third-order valence-electron chi connectivity index (χ3n) is 4.61. The summed E-state index contributed by atoms with van der Waals surface area (Å²) in [4.78, 5) is 2.48. The lowest BCUT2D eigenvalue weighted by atomic mass is 9.85. The Kier molecular flexibility index (Phi) is 5.48. The van der Waals surface area contributed by atoms with Crippen LogP contribution in [-0.2, 0) is 0 Å². The van der Waals surface area contributed by atoms with Crippen molar-refractivity contribution in [2.75, 3.05) is 7.05 Å². The molecule has 4 atom stereocenters. The summed E-state index contributed by atoms with van der Waals surface area (Å²) in [5.74, 6) is 0.823. The Morgan fingerprint density at radius 2 is 2.10 bits per heavy atom. The van der Waals surface area contributed by atoms with E-state index < -0.39 is 0 Å². The van der Waals surface area contributed by atoms with Gasteiger partial charge >= 0.3 is 0 Å². The van der Waals surface area contributed by atoms with Crippen LogP contribution in [0.25, 0.3) is 0 Å². The van der Waals surface area contributed by atoms with E-state index >= 15 is 0 Å². The maximum absolute atomic E-state index is 6.28. The first-order valence-electron chi connectivity index (χ1n) is 7.72. The van der Waals surface area contributed by atoms with Crippen LogP contribution in [0.5, 0.6) is 0 Å². The molecule has 0 aliphatic heterocycles. The Morgan fingerprint density at radius 3 is 2.70 bits per heavy atom. The first kappa shape index (κ1) is 15.8. The first-order chi connectivity index (χ1) is 9.49. The lowest BCUT2D eigenvalue weighted by Crippen LogP contribution is -2.44. The van der Waals surface area contributed by atoms with Crippen LogP contribution in [0, 0.1) is 5.92 Å². The number of rotatable bonds is 4. The summed E-state index contributed by atoms with van der Waals surface area (Å²) in [5, 5.41) is 0.790. The Balaban J connectivity index is 2.19. The van der Waals surface area contributed by atoms with Gasteiger partial charge in [-0.25, -0.2) is 0 Å². The minimum atomic E-state index is 0.0932. The molecule has 0 radical (unpaired) electrons. The molecule has 0 heterocycles. The van der Waals surface area contributed by atoms with Gasteiger partial charge in [0.1, 0.15) is 0 Å². The van der Waals surface area contributed by atoms with Crippen LogP contribution in [0.2, 0.25) is 5.02 Å². The summed E-state index contributed by atoms with van der Waals surface area (Å²) >= 11 is 6.15. The van der Waals surface area contributed by atoms with Crippen LogP contribution in [0.15, 0.2) is 24.3 Å². The zero-order chi connectivity index (χ0) is 14.7. The van der Waals surface area contributed by atoms with Crippen LogP contribution in [0.4, 0.5) is 0 Å². The van der Waals surface area contributed by atoms with Gasteiger partial charge in [-0.1, -0.05) is 43.5 Å². The highest BCUT2D eigenvalue weighted by atomic mass is 35.5. The lowest BCUT2D eigenvalue weighted by Gasteiger charge is -2.41. The van der Waals surface area contributed by atoms with Gasteiger partial charge in [0.05, 0.1) is 0 Å². The van der Waals surface area contributed by atoms with E-state index in [9.17, 15) is 0 Å². The highest BCUT2D eigenvalue weighted by Crippen LogP contribution is 2.33. The summed E-state index contributed by atoms with van der Waals surface area (Å²) in [6.45, 7) is 4.45. The van der Waals surface area contributed by atoms with Gasteiger partial charge in [-0.05, 0) is 50.4 Å². The van der Waals surface area contributed by atoms with Gasteiger partial charge in [0.25, 0.3) is 0 Å². The maximum Gasteiger partial charge on any atom is 0.0496 e. The first-order valence-corrected chi connectivity index (χ1v) is 8.09. The highest BCUT2D eigenvalue weighted by Gasteiger charge is 2.29. The molecule has 3 heteroatoms. The normalized spacial score (nSPS) is 26.5. The van der Waals surface area contributed by atoms with Gasteiger partial charge < -0.3 is 5.73 Å². The fourth-order valence-electron chi connectivity index (χ4n) is 3.60. The topological polar surface area (TPSA) is 29.3 Å². The molecule has 1 fully saturated rings. The molecule has 1 aliphatic carbocycles. The van der Waals surface area contributed by atoms with Crippen molar-refractivity contribution in [2.45, 2.75) is 57.7 Å². The molecule has 1 aromatic carbocycles. The van der Waals surface area contributed by atoms with E-state index in [1.807, 2.05) is 12.1 Å². The van der Waals surface area contributed by atoms with E-state index in [0.717, 1.165) is 10.9 Å². The summed E-state index contributed by atoms with van der Waals surface area (Å²) in [6, 6.07) is 9.10. The van der Waals surface area contributed by atoms with Gasteiger partial charge in [-0.2, -0.15) is 0 Å². The average molecular weight is 295 g/mol. The molecule has 1 saturated carbocycles. The second-order valence-corrected chi connectivity index (χ2v) is 6.89. The largest absolute Gasteiger partial charge is 0.326 e. The SMILES string of the molecule is CC1CCCC(N(C)C(c2cccc(Cl)c2)C(C)N)C1. The van der Waals surface area contributed by atoms with Crippen LogP contribution >= 0.6 is 11.6 Å². The Hall–Kier alpha value is -0.570. The van der Waals surface area contributed by atoms with Crippen LogP contribution in [0.1, 0.15) is 51.1 Å². The predicted octanol–water partition coefficient (Wildman–Crippen LogP) is 4.24. The van der Waals surface area contributed by atoms with Crippen molar-refractivity contribution in [3.63, 3.8) is 0 Å². The van der Waals surface area contributed by atoms with E-state index in [1.165, 1.54) is 31.2 Å². The van der Waals surface area contributed by atoms with Crippen molar-refractivity contribution in [3.8, 4) is 0 Å². The minimum Gasteiger partial charge on any atom is -0.326 e. The molecule has 112 valence electrons. The Labute approximate surface area is 128 Å². The van der Waals surface area contributed by atoms with Crippen molar-refractivity contribution in [1.29, 1.82) is 0 Å². The van der Waals surface area contributed by atoms with Crippen molar-refractivity contribution < 1.29 is 0 Å². The van der Waals surface area contributed by atoms with Gasteiger partial charge in [-0.15, -0.1) is 0 Å². The fraction of sp³-hybridized carbons (Fsp3) is 0.647. The van der Waals surface area contributed by atoms with E-state index in [1.54, 1.807) is 0 Å². The average Bonchev–Trinajstić information content (AvgIpc) is 2.38.